The van der Waals surface area contributed by atoms with E-state index in [0.717, 1.165) is 5.56 Å². The van der Waals surface area contributed by atoms with Crippen molar-refractivity contribution in [2.45, 2.75) is 82.4 Å². The molecule has 0 spiro atoms. The molecule has 1 fully saturated rings. The van der Waals surface area contributed by atoms with Gasteiger partial charge in [-0.05, 0) is 40.7 Å². The maximum Gasteiger partial charge on any atom is 0.200 e. The zero-order valence-corrected chi connectivity index (χ0v) is 25.4. The first-order valence-electron chi connectivity index (χ1n) is 13.3. The van der Waals surface area contributed by atoms with Gasteiger partial charge in [0.1, 0.15) is 5.76 Å². The number of ether oxygens (including phenoxy) is 5. The summed E-state index contributed by atoms with van der Waals surface area (Å²) in [5, 5.41) is 0. The number of methoxy groups -OCH3 is 5. The highest BCUT2D eigenvalue weighted by atomic mass is 28.4. The average molecular weight is 535 g/mol. The molecule has 0 aliphatic heterocycles. The molecule has 0 heterocycles. The van der Waals surface area contributed by atoms with Gasteiger partial charge in [-0.15, -0.1) is 0 Å². The molecule has 1 aromatic carbocycles. The maximum absolute atomic E-state index is 13.5. The number of carbonyl (C=O) groups is 1. The van der Waals surface area contributed by atoms with Crippen molar-refractivity contribution in [3.63, 3.8) is 0 Å². The van der Waals surface area contributed by atoms with Crippen molar-refractivity contribution >= 4 is 14.1 Å². The number of hydrogen-bond donors (Lipinski definition) is 0. The van der Waals surface area contributed by atoms with Crippen molar-refractivity contribution in [2.75, 3.05) is 35.5 Å². The summed E-state index contributed by atoms with van der Waals surface area (Å²) in [4.78, 5) is 13.5. The monoisotopic (exact) mass is 534 g/mol. The summed E-state index contributed by atoms with van der Waals surface area (Å²) in [7, 11) is 5.77. The number of fused-ring (bicyclic) bond motifs is 2. The second kappa shape index (κ2) is 11.5. The zero-order chi connectivity index (χ0) is 27.7. The minimum absolute atomic E-state index is 0.0536. The van der Waals surface area contributed by atoms with Crippen LogP contribution >= 0.6 is 0 Å². The molecule has 208 valence electrons. The summed E-state index contributed by atoms with van der Waals surface area (Å²) in [6.07, 6.45) is 1.87. The van der Waals surface area contributed by atoms with Gasteiger partial charge in [-0.25, -0.2) is 0 Å². The number of rotatable bonds is 11. The minimum atomic E-state index is -2.31. The highest BCUT2D eigenvalue weighted by Crippen LogP contribution is 2.58. The topological polar surface area (TPSA) is 72.5 Å². The SMILES string of the molecule is COC1=CC(=O)[C@H]2C[C@H](O[Si](C(C)C)(C(C)C)C(C)C)[C@@H](c3ccc(OC)c(OC)c3)[C@@H]1C2(OC)OC. The van der Waals surface area contributed by atoms with Gasteiger partial charge in [-0.2, -0.15) is 0 Å². The van der Waals surface area contributed by atoms with Crippen LogP contribution in [0.2, 0.25) is 16.6 Å². The molecule has 0 aromatic heterocycles. The van der Waals surface area contributed by atoms with E-state index in [1.807, 2.05) is 18.2 Å². The predicted molar refractivity (Wildman–Crippen MR) is 147 cm³/mol. The summed E-state index contributed by atoms with van der Waals surface area (Å²) < 4.78 is 36.7. The Labute approximate surface area is 223 Å². The highest BCUT2D eigenvalue weighted by Gasteiger charge is 2.64. The molecular formula is C29H46O7Si. The lowest BCUT2D eigenvalue weighted by Gasteiger charge is -2.57. The van der Waals surface area contributed by atoms with E-state index in [0.29, 0.717) is 40.3 Å². The van der Waals surface area contributed by atoms with Gasteiger partial charge in [-0.3, -0.25) is 4.79 Å². The van der Waals surface area contributed by atoms with Gasteiger partial charge in [0.05, 0.1) is 39.3 Å². The normalized spacial score (nSPS) is 25.5. The van der Waals surface area contributed by atoms with Crippen LogP contribution in [0.15, 0.2) is 30.0 Å². The van der Waals surface area contributed by atoms with Gasteiger partial charge >= 0.3 is 0 Å². The fourth-order valence-corrected chi connectivity index (χ4v) is 12.9. The third-order valence-electron chi connectivity index (χ3n) is 8.81. The van der Waals surface area contributed by atoms with E-state index < -0.39 is 25.9 Å². The van der Waals surface area contributed by atoms with Crippen molar-refractivity contribution in [3.8, 4) is 11.5 Å². The molecular weight excluding hydrogens is 488 g/mol. The second-order valence-corrected chi connectivity index (χ2v) is 16.6. The van der Waals surface area contributed by atoms with Crippen LogP contribution in [0.4, 0.5) is 0 Å². The van der Waals surface area contributed by atoms with Crippen LogP contribution in [0, 0.1) is 11.8 Å². The van der Waals surface area contributed by atoms with Gasteiger partial charge in [0, 0.05) is 26.2 Å². The number of ketones is 1. The Morgan fingerprint density at radius 2 is 1.41 bits per heavy atom. The van der Waals surface area contributed by atoms with E-state index in [1.54, 1.807) is 41.6 Å². The molecule has 2 bridgehead atoms. The van der Waals surface area contributed by atoms with Crippen molar-refractivity contribution < 1.29 is 32.9 Å². The molecule has 2 aliphatic rings. The van der Waals surface area contributed by atoms with Crippen molar-refractivity contribution in [3.05, 3.63) is 35.6 Å². The third-order valence-corrected chi connectivity index (χ3v) is 14.9. The van der Waals surface area contributed by atoms with Crippen molar-refractivity contribution in [1.82, 2.24) is 0 Å². The van der Waals surface area contributed by atoms with E-state index in [4.69, 9.17) is 28.1 Å². The van der Waals surface area contributed by atoms with E-state index in [1.165, 1.54) is 0 Å². The van der Waals surface area contributed by atoms with Crippen LogP contribution < -0.4 is 9.47 Å². The zero-order valence-electron chi connectivity index (χ0n) is 24.4. The Hall–Kier alpha value is -1.87. The first-order valence-corrected chi connectivity index (χ1v) is 15.4. The molecule has 8 heteroatoms. The first kappa shape index (κ1) is 29.7. The van der Waals surface area contributed by atoms with Crippen LogP contribution in [0.1, 0.15) is 59.4 Å². The lowest BCUT2D eigenvalue weighted by molar-refractivity contribution is -0.290. The number of hydrogen-bond acceptors (Lipinski definition) is 7. The molecule has 1 saturated carbocycles. The summed E-state index contributed by atoms with van der Waals surface area (Å²) >= 11 is 0. The van der Waals surface area contributed by atoms with Crippen LogP contribution in [0.5, 0.6) is 11.5 Å². The number of carbonyl (C=O) groups excluding carboxylic acids is 1. The Morgan fingerprint density at radius 3 is 1.86 bits per heavy atom. The van der Waals surface area contributed by atoms with Gasteiger partial charge in [-0.1, -0.05) is 47.6 Å². The van der Waals surface area contributed by atoms with Gasteiger partial charge < -0.3 is 28.1 Å². The molecule has 3 rings (SSSR count). The van der Waals surface area contributed by atoms with Crippen LogP contribution in [-0.2, 0) is 23.4 Å². The summed E-state index contributed by atoms with van der Waals surface area (Å²) in [5.74, 6) is -0.511. The van der Waals surface area contributed by atoms with Crippen molar-refractivity contribution in [1.29, 1.82) is 0 Å². The third kappa shape index (κ3) is 4.75. The molecule has 4 atom stereocenters. The molecule has 7 nitrogen and oxygen atoms in total. The molecule has 0 N–H and O–H groups in total. The Bertz CT molecular complexity index is 961. The van der Waals surface area contributed by atoms with Gasteiger partial charge in [0.15, 0.2) is 23.1 Å². The van der Waals surface area contributed by atoms with Crippen molar-refractivity contribution in [2.24, 2.45) is 11.8 Å². The van der Waals surface area contributed by atoms with E-state index in [-0.39, 0.29) is 17.8 Å². The molecule has 0 radical (unpaired) electrons. The molecule has 2 aliphatic carbocycles. The highest BCUT2D eigenvalue weighted by molar-refractivity contribution is 6.77. The molecule has 1 aromatic rings. The fourth-order valence-electron chi connectivity index (χ4n) is 7.31. The van der Waals surface area contributed by atoms with E-state index in [2.05, 4.69) is 41.5 Å². The molecule has 0 saturated heterocycles. The molecule has 37 heavy (non-hydrogen) atoms. The summed E-state index contributed by atoms with van der Waals surface area (Å²) in [5.41, 5.74) is 2.18. The number of benzene rings is 1. The van der Waals surface area contributed by atoms with Gasteiger partial charge in [0.2, 0.25) is 8.32 Å². The largest absolute Gasteiger partial charge is 0.500 e. The summed E-state index contributed by atoms with van der Waals surface area (Å²) in [6.45, 7) is 13.7. The first-order chi connectivity index (χ1) is 17.5. The maximum atomic E-state index is 13.5. The van der Waals surface area contributed by atoms with Gasteiger partial charge in [0.25, 0.3) is 0 Å². The van der Waals surface area contributed by atoms with E-state index in [9.17, 15) is 4.79 Å². The van der Waals surface area contributed by atoms with Crippen LogP contribution in [-0.4, -0.2) is 61.5 Å². The van der Waals surface area contributed by atoms with Crippen LogP contribution in [0.25, 0.3) is 0 Å². The Kier molecular flexibility index (Phi) is 9.21. The Balaban J connectivity index is 2.30. The standard InChI is InChI=1S/C29H46O7Si/c1-17(2)37(18(3)4,19(5)6)36-25-15-21-22(30)16-26(33-9)28(29(21,34-10)35-11)27(25)20-12-13-23(31-7)24(14-20)32-8/h12-14,16-19,21,25,27-28H,15H2,1-11H3/t21-,25+,27-,28-/m1/s1. The molecule has 0 amide bonds. The smallest absolute Gasteiger partial charge is 0.200 e. The molecule has 0 unspecified atom stereocenters. The average Bonchev–Trinajstić information content (AvgIpc) is 2.87. The summed E-state index contributed by atoms with van der Waals surface area (Å²) in [6, 6.07) is 5.97. The second-order valence-electron chi connectivity index (χ2n) is 11.2. The Morgan fingerprint density at radius 1 is 0.838 bits per heavy atom. The lowest BCUT2D eigenvalue weighted by atomic mass is 9.61. The number of allylic oxidation sites excluding steroid dienone is 1. The minimum Gasteiger partial charge on any atom is -0.500 e. The quantitative estimate of drug-likeness (QED) is 0.251. The van der Waals surface area contributed by atoms with Crippen LogP contribution in [0.3, 0.4) is 0 Å². The fraction of sp³-hybridized carbons (Fsp3) is 0.690. The lowest BCUT2D eigenvalue weighted by Crippen LogP contribution is -2.64. The van der Waals surface area contributed by atoms with E-state index >= 15 is 0 Å². The predicted octanol–water partition coefficient (Wildman–Crippen LogP) is 6.09.